The number of ether oxygens (including phenoxy) is 2. The van der Waals surface area contributed by atoms with Gasteiger partial charge in [-0.2, -0.15) is 0 Å². The second-order valence-corrected chi connectivity index (χ2v) is 7.03. The molecule has 0 aliphatic carbocycles. The summed E-state index contributed by atoms with van der Waals surface area (Å²) in [7, 11) is 0. The Morgan fingerprint density at radius 1 is 0.594 bits per heavy atom. The molecule has 7 heteroatoms. The summed E-state index contributed by atoms with van der Waals surface area (Å²) >= 11 is 0. The Balaban J connectivity index is 1.51. The summed E-state index contributed by atoms with van der Waals surface area (Å²) in [6.07, 6.45) is 0. The summed E-state index contributed by atoms with van der Waals surface area (Å²) < 4.78 is 11.4. The van der Waals surface area contributed by atoms with Gasteiger partial charge in [-0.15, -0.1) is 0 Å². The van der Waals surface area contributed by atoms with Gasteiger partial charge in [0.25, 0.3) is 0 Å². The van der Waals surface area contributed by atoms with Crippen LogP contribution in [0.15, 0.2) is 84.9 Å². The first-order valence-electron chi connectivity index (χ1n) is 9.66. The monoisotopic (exact) mass is 428 g/mol. The van der Waals surface area contributed by atoms with E-state index >= 15 is 0 Å². The number of rotatable bonds is 6. The Labute approximate surface area is 184 Å². The molecule has 0 heterocycles. The third-order valence-electron chi connectivity index (χ3n) is 4.67. The summed E-state index contributed by atoms with van der Waals surface area (Å²) in [5, 5.41) is 18.7. The fraction of sp³-hybridized carbons (Fsp3) is 0. The van der Waals surface area contributed by atoms with Crippen LogP contribution < -0.4 is 20.9 Å². The van der Waals surface area contributed by atoms with Gasteiger partial charge in [0, 0.05) is 11.1 Å². The Bertz CT molecular complexity index is 1170. The summed E-state index contributed by atoms with van der Waals surface area (Å²) in [5.74, 6) is 1.80. The second kappa shape index (κ2) is 8.61. The molecule has 0 spiro atoms. The second-order valence-electron chi connectivity index (χ2n) is 7.03. The molecule has 0 aliphatic rings. The molecular weight excluding hydrogens is 408 g/mol. The molecule has 0 bridgehead atoms. The summed E-state index contributed by atoms with van der Waals surface area (Å²) in [5.41, 5.74) is 13.5. The van der Waals surface area contributed by atoms with Gasteiger partial charge in [-0.1, -0.05) is 0 Å². The first-order chi connectivity index (χ1) is 15.4. The van der Waals surface area contributed by atoms with E-state index in [1.807, 2.05) is 0 Å². The molecule has 0 unspecified atom stereocenters. The molecule has 0 amide bonds. The molecule has 32 heavy (non-hydrogen) atoms. The Morgan fingerprint density at radius 3 is 1.31 bits per heavy atom. The zero-order valence-electron chi connectivity index (χ0n) is 16.9. The molecule has 0 atom stereocenters. The Morgan fingerprint density at radius 2 is 0.969 bits per heavy atom. The third kappa shape index (κ3) is 4.57. The molecule has 4 aromatic rings. The summed E-state index contributed by atoms with van der Waals surface area (Å²) in [4.78, 5) is 12.9. The van der Waals surface area contributed by atoms with Gasteiger partial charge < -0.3 is 31.2 Å². The smallest absolute Gasteiger partial charge is 0.193 e. The SMILES string of the molecule is Nc1cc(C(=O)c2ccc(Oc3ccc(O)cc3)c(N)c2)ccc1Oc1ccc(O)cc1. The lowest BCUT2D eigenvalue weighted by Gasteiger charge is -2.12. The van der Waals surface area contributed by atoms with Crippen molar-refractivity contribution in [2.75, 3.05) is 11.5 Å². The van der Waals surface area contributed by atoms with E-state index in [0.717, 1.165) is 0 Å². The molecule has 0 saturated heterocycles. The van der Waals surface area contributed by atoms with Crippen LogP contribution in [0.2, 0.25) is 0 Å². The number of carbonyl (C=O) groups is 1. The van der Waals surface area contributed by atoms with Crippen molar-refractivity contribution in [3.05, 3.63) is 96.1 Å². The van der Waals surface area contributed by atoms with Crippen LogP contribution in [0.3, 0.4) is 0 Å². The molecule has 0 radical (unpaired) electrons. The van der Waals surface area contributed by atoms with Gasteiger partial charge in [0.2, 0.25) is 0 Å². The maximum atomic E-state index is 12.9. The number of nitrogens with two attached hydrogens (primary N) is 2. The quantitative estimate of drug-likeness (QED) is 0.249. The van der Waals surface area contributed by atoms with Gasteiger partial charge in [0.05, 0.1) is 11.4 Å². The van der Waals surface area contributed by atoms with Gasteiger partial charge in [-0.25, -0.2) is 0 Å². The molecule has 4 aromatic carbocycles. The van der Waals surface area contributed by atoms with Gasteiger partial charge in [-0.3, -0.25) is 4.79 Å². The van der Waals surface area contributed by atoms with Crippen LogP contribution in [0.5, 0.6) is 34.5 Å². The lowest BCUT2D eigenvalue weighted by atomic mass is 10.0. The predicted molar refractivity (Wildman–Crippen MR) is 122 cm³/mol. The highest BCUT2D eigenvalue weighted by Gasteiger charge is 2.14. The molecule has 4 rings (SSSR count). The molecule has 0 aliphatic heterocycles. The number of benzene rings is 4. The minimum atomic E-state index is -0.254. The molecule has 6 N–H and O–H groups in total. The zero-order chi connectivity index (χ0) is 22.7. The van der Waals surface area contributed by atoms with E-state index in [4.69, 9.17) is 20.9 Å². The molecule has 160 valence electrons. The van der Waals surface area contributed by atoms with Crippen LogP contribution in [0, 0.1) is 0 Å². The predicted octanol–water partition coefficient (Wildman–Crippen LogP) is 5.08. The number of hydrogen-bond donors (Lipinski definition) is 4. The Hall–Kier alpha value is -4.65. The zero-order valence-corrected chi connectivity index (χ0v) is 16.9. The molecule has 0 aromatic heterocycles. The van der Waals surface area contributed by atoms with Gasteiger partial charge in [0.15, 0.2) is 5.78 Å². The van der Waals surface area contributed by atoms with Crippen molar-refractivity contribution in [2.24, 2.45) is 0 Å². The van der Waals surface area contributed by atoms with Gasteiger partial charge >= 0.3 is 0 Å². The van der Waals surface area contributed by atoms with Crippen molar-refractivity contribution in [3.8, 4) is 34.5 Å². The Kier molecular flexibility index (Phi) is 5.55. The fourth-order valence-electron chi connectivity index (χ4n) is 3.01. The largest absolute Gasteiger partial charge is 0.508 e. The standard InChI is InChI=1S/C25H20N2O5/c26-21-13-15(1-11-23(21)31-19-7-3-17(28)4-8-19)25(30)16-2-12-24(22(27)14-16)32-20-9-5-18(29)6-10-20/h1-14,28-29H,26-27H2. The molecule has 7 nitrogen and oxygen atoms in total. The number of anilines is 2. The highest BCUT2D eigenvalue weighted by Crippen LogP contribution is 2.32. The van der Waals surface area contributed by atoms with Crippen LogP contribution in [0.1, 0.15) is 15.9 Å². The number of aromatic hydroxyl groups is 2. The molecule has 0 fully saturated rings. The van der Waals surface area contributed by atoms with E-state index in [2.05, 4.69) is 0 Å². The topological polar surface area (TPSA) is 128 Å². The minimum Gasteiger partial charge on any atom is -0.508 e. The summed E-state index contributed by atoms with van der Waals surface area (Å²) in [6, 6.07) is 22.0. The van der Waals surface area contributed by atoms with Crippen molar-refractivity contribution >= 4 is 17.2 Å². The van der Waals surface area contributed by atoms with Crippen LogP contribution in [-0.2, 0) is 0 Å². The average molecular weight is 428 g/mol. The van der Waals surface area contributed by atoms with E-state index in [-0.39, 0.29) is 17.3 Å². The van der Waals surface area contributed by atoms with Crippen molar-refractivity contribution in [1.82, 2.24) is 0 Å². The number of ketones is 1. The van der Waals surface area contributed by atoms with Gasteiger partial charge in [-0.05, 0) is 84.9 Å². The van der Waals surface area contributed by atoms with Crippen LogP contribution >= 0.6 is 0 Å². The van der Waals surface area contributed by atoms with Crippen molar-refractivity contribution < 1.29 is 24.5 Å². The van der Waals surface area contributed by atoms with Crippen LogP contribution in [0.25, 0.3) is 0 Å². The van der Waals surface area contributed by atoms with Crippen LogP contribution in [-0.4, -0.2) is 16.0 Å². The average Bonchev–Trinajstić information content (AvgIpc) is 2.79. The first-order valence-corrected chi connectivity index (χ1v) is 9.66. The highest BCUT2D eigenvalue weighted by molar-refractivity contribution is 6.10. The normalized spacial score (nSPS) is 10.5. The number of hydrogen-bond acceptors (Lipinski definition) is 7. The van der Waals surface area contributed by atoms with E-state index in [1.54, 1.807) is 48.5 Å². The summed E-state index contributed by atoms with van der Waals surface area (Å²) in [6.45, 7) is 0. The molecule has 0 saturated carbocycles. The lowest BCUT2D eigenvalue weighted by molar-refractivity contribution is 0.103. The number of carbonyl (C=O) groups excluding carboxylic acids is 1. The number of phenolic OH excluding ortho intramolecular Hbond substituents is 2. The number of phenols is 2. The van der Waals surface area contributed by atoms with Gasteiger partial charge in [0.1, 0.15) is 34.5 Å². The van der Waals surface area contributed by atoms with Crippen molar-refractivity contribution in [1.29, 1.82) is 0 Å². The van der Waals surface area contributed by atoms with Crippen molar-refractivity contribution in [2.45, 2.75) is 0 Å². The number of nitrogen functional groups attached to an aromatic ring is 2. The van der Waals surface area contributed by atoms with Crippen LogP contribution in [0.4, 0.5) is 11.4 Å². The minimum absolute atomic E-state index is 0.130. The maximum Gasteiger partial charge on any atom is 0.193 e. The maximum absolute atomic E-state index is 12.9. The third-order valence-corrected chi connectivity index (χ3v) is 4.67. The van der Waals surface area contributed by atoms with Crippen molar-refractivity contribution in [3.63, 3.8) is 0 Å². The van der Waals surface area contributed by atoms with E-state index in [9.17, 15) is 15.0 Å². The molecular formula is C25H20N2O5. The highest BCUT2D eigenvalue weighted by atomic mass is 16.5. The van der Waals surface area contributed by atoms with E-state index < -0.39 is 0 Å². The lowest BCUT2D eigenvalue weighted by Crippen LogP contribution is -2.04. The van der Waals surface area contributed by atoms with E-state index in [0.29, 0.717) is 45.5 Å². The first kappa shape index (κ1) is 20.6. The fourth-order valence-corrected chi connectivity index (χ4v) is 3.01. The van der Waals surface area contributed by atoms with E-state index in [1.165, 1.54) is 36.4 Å².